The van der Waals surface area contributed by atoms with Crippen LogP contribution in [0.2, 0.25) is 0 Å². The molecule has 0 saturated carbocycles. The van der Waals surface area contributed by atoms with Gasteiger partial charge >= 0.3 is 5.97 Å². The van der Waals surface area contributed by atoms with Crippen LogP contribution >= 0.6 is 0 Å². The summed E-state index contributed by atoms with van der Waals surface area (Å²) >= 11 is 0. The standard InChI is InChI=1S/C12H22N2O4/c1-5-12(6-2,11(17)18)8-13-10(16)7-14(4)9(3)15/h5-8H2,1-4H3,(H,13,16)(H,17,18). The molecule has 0 aliphatic heterocycles. The third-order valence-electron chi connectivity index (χ3n) is 3.35. The zero-order valence-electron chi connectivity index (χ0n) is 11.4. The van der Waals surface area contributed by atoms with Crippen LogP contribution in [-0.4, -0.2) is 47.9 Å². The van der Waals surface area contributed by atoms with E-state index in [-0.39, 0.29) is 24.9 Å². The molecular weight excluding hydrogens is 236 g/mol. The molecule has 0 aliphatic carbocycles. The van der Waals surface area contributed by atoms with Gasteiger partial charge in [0.1, 0.15) is 0 Å². The van der Waals surface area contributed by atoms with Gasteiger partial charge in [0.25, 0.3) is 0 Å². The average Bonchev–Trinajstić information content (AvgIpc) is 2.30. The smallest absolute Gasteiger partial charge is 0.311 e. The molecule has 0 aromatic carbocycles. The van der Waals surface area contributed by atoms with Gasteiger partial charge in [-0.1, -0.05) is 13.8 Å². The highest BCUT2D eigenvalue weighted by Gasteiger charge is 2.35. The second-order valence-corrected chi connectivity index (χ2v) is 4.44. The zero-order valence-corrected chi connectivity index (χ0v) is 11.4. The minimum absolute atomic E-state index is 0.0571. The van der Waals surface area contributed by atoms with E-state index in [0.29, 0.717) is 12.8 Å². The van der Waals surface area contributed by atoms with Gasteiger partial charge < -0.3 is 15.3 Å². The number of carbonyl (C=O) groups is 3. The van der Waals surface area contributed by atoms with Crippen LogP contribution in [0.1, 0.15) is 33.6 Å². The van der Waals surface area contributed by atoms with Gasteiger partial charge in [0.15, 0.2) is 0 Å². The number of hydrogen-bond acceptors (Lipinski definition) is 3. The summed E-state index contributed by atoms with van der Waals surface area (Å²) in [5.74, 6) is -1.46. The van der Waals surface area contributed by atoms with E-state index in [1.165, 1.54) is 18.9 Å². The Balaban J connectivity index is 4.41. The van der Waals surface area contributed by atoms with Gasteiger partial charge in [0, 0.05) is 20.5 Å². The predicted molar refractivity (Wildman–Crippen MR) is 67.0 cm³/mol. The first-order valence-electron chi connectivity index (χ1n) is 6.01. The van der Waals surface area contributed by atoms with Crippen LogP contribution in [-0.2, 0) is 14.4 Å². The molecule has 0 atom stereocenters. The molecule has 6 heteroatoms. The monoisotopic (exact) mass is 258 g/mol. The number of aliphatic carboxylic acids is 1. The molecule has 0 radical (unpaired) electrons. The van der Waals surface area contributed by atoms with Crippen molar-refractivity contribution in [3.8, 4) is 0 Å². The van der Waals surface area contributed by atoms with Crippen molar-refractivity contribution in [1.82, 2.24) is 10.2 Å². The maximum Gasteiger partial charge on any atom is 0.311 e. The summed E-state index contributed by atoms with van der Waals surface area (Å²) in [5.41, 5.74) is -0.926. The van der Waals surface area contributed by atoms with E-state index in [1.807, 2.05) is 0 Å². The largest absolute Gasteiger partial charge is 0.481 e. The van der Waals surface area contributed by atoms with Crippen LogP contribution in [0.3, 0.4) is 0 Å². The van der Waals surface area contributed by atoms with Crippen molar-refractivity contribution < 1.29 is 19.5 Å². The molecule has 0 aliphatic rings. The Bertz CT molecular complexity index is 324. The number of carbonyl (C=O) groups excluding carboxylic acids is 2. The maximum absolute atomic E-state index is 11.6. The van der Waals surface area contributed by atoms with Gasteiger partial charge in [-0.05, 0) is 12.8 Å². The van der Waals surface area contributed by atoms with Gasteiger partial charge in [-0.25, -0.2) is 0 Å². The fourth-order valence-electron chi connectivity index (χ4n) is 1.53. The van der Waals surface area contributed by atoms with Crippen LogP contribution in [0.4, 0.5) is 0 Å². The molecule has 0 spiro atoms. The maximum atomic E-state index is 11.6. The fraction of sp³-hybridized carbons (Fsp3) is 0.750. The van der Waals surface area contributed by atoms with Crippen molar-refractivity contribution in [2.75, 3.05) is 20.1 Å². The molecule has 2 amide bonds. The van der Waals surface area contributed by atoms with Crippen molar-refractivity contribution >= 4 is 17.8 Å². The molecule has 0 rings (SSSR count). The number of rotatable bonds is 7. The zero-order chi connectivity index (χ0) is 14.3. The number of likely N-dealkylation sites (N-methyl/N-ethyl adjacent to an activating group) is 1. The lowest BCUT2D eigenvalue weighted by molar-refractivity contribution is -0.149. The van der Waals surface area contributed by atoms with Crippen LogP contribution in [0, 0.1) is 5.41 Å². The molecule has 0 unspecified atom stereocenters. The second kappa shape index (κ2) is 6.98. The topological polar surface area (TPSA) is 86.7 Å². The Labute approximate surface area is 107 Å². The molecule has 2 N–H and O–H groups in total. The second-order valence-electron chi connectivity index (χ2n) is 4.44. The number of hydrogen-bond donors (Lipinski definition) is 2. The lowest BCUT2D eigenvalue weighted by Crippen LogP contribution is -2.45. The Morgan fingerprint density at radius 2 is 1.72 bits per heavy atom. The molecule has 104 valence electrons. The van der Waals surface area contributed by atoms with E-state index in [4.69, 9.17) is 0 Å². The fourth-order valence-corrected chi connectivity index (χ4v) is 1.53. The number of nitrogens with zero attached hydrogens (tertiary/aromatic N) is 1. The van der Waals surface area contributed by atoms with E-state index < -0.39 is 11.4 Å². The Kier molecular flexibility index (Phi) is 6.36. The van der Waals surface area contributed by atoms with Crippen LogP contribution in [0.25, 0.3) is 0 Å². The summed E-state index contributed by atoms with van der Waals surface area (Å²) in [7, 11) is 1.52. The van der Waals surface area contributed by atoms with Gasteiger partial charge in [-0.2, -0.15) is 0 Å². The first-order valence-corrected chi connectivity index (χ1v) is 6.01. The average molecular weight is 258 g/mol. The normalized spacial score (nSPS) is 10.9. The molecular formula is C12H22N2O4. The highest BCUT2D eigenvalue weighted by molar-refractivity contribution is 5.84. The van der Waals surface area contributed by atoms with Crippen molar-refractivity contribution in [1.29, 1.82) is 0 Å². The van der Waals surface area contributed by atoms with E-state index in [1.54, 1.807) is 13.8 Å². The summed E-state index contributed by atoms with van der Waals surface area (Å²) < 4.78 is 0. The molecule has 0 saturated heterocycles. The Morgan fingerprint density at radius 1 is 1.22 bits per heavy atom. The van der Waals surface area contributed by atoms with E-state index >= 15 is 0 Å². The minimum Gasteiger partial charge on any atom is -0.481 e. The van der Waals surface area contributed by atoms with E-state index in [0.717, 1.165) is 0 Å². The molecule has 0 bridgehead atoms. The summed E-state index contributed by atoms with van der Waals surface area (Å²) in [6, 6.07) is 0. The number of carboxylic acid groups (broad SMARTS) is 1. The predicted octanol–water partition coefficient (Wildman–Crippen LogP) is 0.472. The summed E-state index contributed by atoms with van der Waals surface area (Å²) in [4.78, 5) is 35.0. The molecule has 18 heavy (non-hydrogen) atoms. The van der Waals surface area contributed by atoms with Crippen molar-refractivity contribution in [3.05, 3.63) is 0 Å². The first kappa shape index (κ1) is 16.4. The van der Waals surface area contributed by atoms with Gasteiger partial charge in [-0.3, -0.25) is 14.4 Å². The number of carboxylic acids is 1. The van der Waals surface area contributed by atoms with Crippen molar-refractivity contribution in [2.45, 2.75) is 33.6 Å². The van der Waals surface area contributed by atoms with Gasteiger partial charge in [-0.15, -0.1) is 0 Å². The van der Waals surface area contributed by atoms with Crippen LogP contribution in [0.15, 0.2) is 0 Å². The van der Waals surface area contributed by atoms with Gasteiger partial charge in [0.05, 0.1) is 12.0 Å². The van der Waals surface area contributed by atoms with Crippen LogP contribution < -0.4 is 5.32 Å². The number of nitrogens with one attached hydrogen (secondary N) is 1. The number of amides is 2. The highest BCUT2D eigenvalue weighted by atomic mass is 16.4. The molecule has 0 heterocycles. The lowest BCUT2D eigenvalue weighted by Gasteiger charge is -2.27. The minimum atomic E-state index is -0.926. The summed E-state index contributed by atoms with van der Waals surface area (Å²) in [5, 5.41) is 11.8. The first-order chi connectivity index (χ1) is 8.29. The summed E-state index contributed by atoms with van der Waals surface area (Å²) in [6.45, 7) is 4.96. The molecule has 0 aromatic heterocycles. The quantitative estimate of drug-likeness (QED) is 0.695. The third kappa shape index (κ3) is 4.35. The van der Waals surface area contributed by atoms with Crippen LogP contribution in [0.5, 0.6) is 0 Å². The lowest BCUT2D eigenvalue weighted by atomic mass is 9.82. The van der Waals surface area contributed by atoms with Crippen molar-refractivity contribution in [3.63, 3.8) is 0 Å². The highest BCUT2D eigenvalue weighted by Crippen LogP contribution is 2.25. The Hall–Kier alpha value is -1.59. The van der Waals surface area contributed by atoms with Crippen molar-refractivity contribution in [2.24, 2.45) is 5.41 Å². The van der Waals surface area contributed by atoms with E-state index in [2.05, 4.69) is 5.32 Å². The van der Waals surface area contributed by atoms with Gasteiger partial charge in [0.2, 0.25) is 11.8 Å². The SMILES string of the molecule is CCC(CC)(CNC(=O)CN(C)C(C)=O)C(=O)O. The Morgan fingerprint density at radius 3 is 2.06 bits per heavy atom. The molecule has 6 nitrogen and oxygen atoms in total. The third-order valence-corrected chi connectivity index (χ3v) is 3.35. The molecule has 0 aromatic rings. The summed E-state index contributed by atoms with van der Waals surface area (Å²) in [6.07, 6.45) is 0.892. The molecule has 0 fully saturated rings. The van der Waals surface area contributed by atoms with E-state index in [9.17, 15) is 19.5 Å².